The first kappa shape index (κ1) is 18.9. The van der Waals surface area contributed by atoms with Crippen molar-refractivity contribution >= 4 is 5.91 Å². The van der Waals surface area contributed by atoms with Crippen molar-refractivity contribution in [1.82, 2.24) is 25.1 Å². The van der Waals surface area contributed by atoms with Gasteiger partial charge in [0.15, 0.2) is 0 Å². The number of carbonyl (C=O) groups excluding carboxylic acids is 1. The Bertz CT molecular complexity index is 1030. The number of nitrogens with zero attached hydrogens (tertiary/aromatic N) is 5. The van der Waals surface area contributed by atoms with Crippen LogP contribution in [0.25, 0.3) is 11.5 Å². The van der Waals surface area contributed by atoms with Crippen LogP contribution in [-0.2, 0) is 4.74 Å². The van der Waals surface area contributed by atoms with E-state index in [1.165, 1.54) is 0 Å². The predicted octanol–water partition coefficient (Wildman–Crippen LogP) is 2.87. The molecule has 0 saturated carbocycles. The summed E-state index contributed by atoms with van der Waals surface area (Å²) in [6.07, 6.45) is 6.77. The van der Waals surface area contributed by atoms with Gasteiger partial charge in [-0.1, -0.05) is 0 Å². The highest BCUT2D eigenvalue weighted by Gasteiger charge is 2.51. The van der Waals surface area contributed by atoms with Gasteiger partial charge in [0.25, 0.3) is 5.91 Å². The molecule has 3 aromatic rings. The maximum atomic E-state index is 13.2. The van der Waals surface area contributed by atoms with Crippen LogP contribution >= 0.6 is 0 Å². The number of likely N-dealkylation sites (tertiary alicyclic amines) is 1. The molecule has 8 heteroatoms. The zero-order valence-corrected chi connectivity index (χ0v) is 16.8. The van der Waals surface area contributed by atoms with Gasteiger partial charge in [-0.2, -0.15) is 0 Å². The monoisotopic (exact) mass is 405 g/mol. The zero-order chi connectivity index (χ0) is 20.6. The van der Waals surface area contributed by atoms with Gasteiger partial charge in [0.05, 0.1) is 11.5 Å². The molecular formula is C22H23N5O3. The normalized spacial score (nSPS) is 20.6. The molecule has 5 rings (SSSR count). The molecule has 30 heavy (non-hydrogen) atoms. The molecule has 1 unspecified atom stereocenters. The number of hydrogen-bond acceptors (Lipinski definition) is 7. The van der Waals surface area contributed by atoms with Crippen LogP contribution in [0.4, 0.5) is 0 Å². The summed E-state index contributed by atoms with van der Waals surface area (Å²) in [6, 6.07) is 7.39. The van der Waals surface area contributed by atoms with Gasteiger partial charge in [0.2, 0.25) is 11.8 Å². The molecule has 0 aromatic carbocycles. The average Bonchev–Trinajstić information content (AvgIpc) is 3.40. The molecule has 0 bridgehead atoms. The molecule has 2 aliphatic heterocycles. The molecular weight excluding hydrogens is 382 g/mol. The summed E-state index contributed by atoms with van der Waals surface area (Å²) in [5.41, 5.74) is 2.21. The summed E-state index contributed by atoms with van der Waals surface area (Å²) in [4.78, 5) is 23.4. The third-order valence-corrected chi connectivity index (χ3v) is 6.25. The molecule has 1 amide bonds. The first-order valence-electron chi connectivity index (χ1n) is 10.2. The fourth-order valence-corrected chi connectivity index (χ4v) is 4.51. The SMILES string of the molecule is Cc1ccc(C(=O)N2CC(c3nnc(-c4ccncc4)o3)C3(CCOCC3)C2)cn1. The Morgan fingerprint density at radius 2 is 1.93 bits per heavy atom. The van der Waals surface area contributed by atoms with E-state index in [1.54, 1.807) is 18.6 Å². The Labute approximate surface area is 174 Å². The highest BCUT2D eigenvalue weighted by Crippen LogP contribution is 2.49. The van der Waals surface area contributed by atoms with Gasteiger partial charge in [0.1, 0.15) is 0 Å². The second-order valence-corrected chi connectivity index (χ2v) is 8.08. The molecule has 5 heterocycles. The number of hydrogen-bond donors (Lipinski definition) is 0. The molecule has 8 nitrogen and oxygen atoms in total. The van der Waals surface area contributed by atoms with Gasteiger partial charge < -0.3 is 14.1 Å². The summed E-state index contributed by atoms with van der Waals surface area (Å²) < 4.78 is 11.7. The second-order valence-electron chi connectivity index (χ2n) is 8.08. The minimum atomic E-state index is -0.117. The molecule has 1 atom stereocenters. The fourth-order valence-electron chi connectivity index (χ4n) is 4.51. The molecule has 2 saturated heterocycles. The van der Waals surface area contributed by atoms with Crippen molar-refractivity contribution in [3.8, 4) is 11.5 Å². The summed E-state index contributed by atoms with van der Waals surface area (Å²) in [6.45, 7) is 4.46. The molecule has 0 aliphatic carbocycles. The number of carbonyl (C=O) groups is 1. The number of amides is 1. The van der Waals surface area contributed by atoms with Crippen molar-refractivity contribution in [2.45, 2.75) is 25.7 Å². The lowest BCUT2D eigenvalue weighted by Gasteiger charge is -2.36. The van der Waals surface area contributed by atoms with E-state index in [0.717, 1.165) is 24.1 Å². The lowest BCUT2D eigenvalue weighted by atomic mass is 9.72. The first-order chi connectivity index (χ1) is 14.6. The predicted molar refractivity (Wildman–Crippen MR) is 108 cm³/mol. The highest BCUT2D eigenvalue weighted by atomic mass is 16.5. The van der Waals surface area contributed by atoms with E-state index in [9.17, 15) is 4.79 Å². The summed E-state index contributed by atoms with van der Waals surface area (Å²) in [5, 5.41) is 8.63. The Morgan fingerprint density at radius 1 is 1.13 bits per heavy atom. The maximum absolute atomic E-state index is 13.2. The quantitative estimate of drug-likeness (QED) is 0.661. The topological polar surface area (TPSA) is 94.2 Å². The van der Waals surface area contributed by atoms with Crippen LogP contribution in [0.2, 0.25) is 0 Å². The molecule has 3 aromatic heterocycles. The molecule has 2 aliphatic rings. The summed E-state index contributed by atoms with van der Waals surface area (Å²) in [7, 11) is 0. The highest BCUT2D eigenvalue weighted by molar-refractivity contribution is 5.94. The number of rotatable bonds is 3. The number of aromatic nitrogens is 4. The first-order valence-corrected chi connectivity index (χ1v) is 10.2. The van der Waals surface area contributed by atoms with Crippen LogP contribution < -0.4 is 0 Å². The second kappa shape index (κ2) is 7.60. The van der Waals surface area contributed by atoms with Crippen molar-refractivity contribution in [3.63, 3.8) is 0 Å². The minimum absolute atomic E-state index is 0.00950. The molecule has 154 valence electrons. The third kappa shape index (κ3) is 3.37. The van der Waals surface area contributed by atoms with Crippen molar-refractivity contribution in [2.24, 2.45) is 5.41 Å². The van der Waals surface area contributed by atoms with E-state index in [4.69, 9.17) is 9.15 Å². The van der Waals surface area contributed by atoms with E-state index < -0.39 is 0 Å². The molecule has 1 spiro atoms. The van der Waals surface area contributed by atoms with Crippen LogP contribution in [0.3, 0.4) is 0 Å². The van der Waals surface area contributed by atoms with Crippen LogP contribution in [0, 0.1) is 12.3 Å². The van der Waals surface area contributed by atoms with Crippen molar-refractivity contribution in [3.05, 3.63) is 60.0 Å². The van der Waals surface area contributed by atoms with E-state index in [-0.39, 0.29) is 17.2 Å². The smallest absolute Gasteiger partial charge is 0.255 e. The molecule has 0 radical (unpaired) electrons. The van der Waals surface area contributed by atoms with Crippen molar-refractivity contribution in [2.75, 3.05) is 26.3 Å². The maximum Gasteiger partial charge on any atom is 0.255 e. The summed E-state index contributed by atoms with van der Waals surface area (Å²) >= 11 is 0. The van der Waals surface area contributed by atoms with Gasteiger partial charge in [-0.25, -0.2) is 0 Å². The van der Waals surface area contributed by atoms with E-state index in [2.05, 4.69) is 20.2 Å². The third-order valence-electron chi connectivity index (χ3n) is 6.25. The minimum Gasteiger partial charge on any atom is -0.420 e. The zero-order valence-electron chi connectivity index (χ0n) is 16.8. The fraction of sp³-hybridized carbons (Fsp3) is 0.409. The van der Waals surface area contributed by atoms with Crippen molar-refractivity contribution < 1.29 is 13.9 Å². The Kier molecular flexibility index (Phi) is 4.78. The van der Waals surface area contributed by atoms with E-state index in [0.29, 0.717) is 43.6 Å². The van der Waals surface area contributed by atoms with Crippen LogP contribution in [0.5, 0.6) is 0 Å². The summed E-state index contributed by atoms with van der Waals surface area (Å²) in [5.74, 6) is 1.03. The van der Waals surface area contributed by atoms with Crippen LogP contribution in [0.1, 0.15) is 40.7 Å². The van der Waals surface area contributed by atoms with Gasteiger partial charge in [-0.15, -0.1) is 10.2 Å². The van der Waals surface area contributed by atoms with Crippen molar-refractivity contribution in [1.29, 1.82) is 0 Å². The Hall–Kier alpha value is -3.13. The average molecular weight is 405 g/mol. The lowest BCUT2D eigenvalue weighted by molar-refractivity contribution is 0.00908. The number of ether oxygens (including phenoxy) is 1. The molecule has 2 fully saturated rings. The van der Waals surface area contributed by atoms with Gasteiger partial charge >= 0.3 is 0 Å². The molecule has 0 N–H and O–H groups in total. The van der Waals surface area contributed by atoms with Gasteiger partial charge in [0, 0.05) is 61.6 Å². The van der Waals surface area contributed by atoms with Crippen LogP contribution in [0.15, 0.2) is 47.3 Å². The van der Waals surface area contributed by atoms with Gasteiger partial charge in [-0.3, -0.25) is 14.8 Å². The Morgan fingerprint density at radius 3 is 2.67 bits per heavy atom. The standard InChI is InChI=1S/C22H23N5O3/c1-15-2-3-17(12-24-15)21(28)27-13-18(22(14-27)6-10-29-11-7-22)20-26-25-19(30-20)16-4-8-23-9-5-16/h2-5,8-9,12,18H,6-7,10-11,13-14H2,1H3. The van der Waals surface area contributed by atoms with E-state index in [1.807, 2.05) is 36.1 Å². The van der Waals surface area contributed by atoms with Crippen LogP contribution in [-0.4, -0.2) is 57.3 Å². The number of pyridine rings is 2. The lowest BCUT2D eigenvalue weighted by Crippen LogP contribution is -2.37. The van der Waals surface area contributed by atoms with Gasteiger partial charge in [-0.05, 0) is 44.0 Å². The Balaban J connectivity index is 1.45. The number of aryl methyl sites for hydroxylation is 1. The van der Waals surface area contributed by atoms with E-state index >= 15 is 0 Å². The largest absolute Gasteiger partial charge is 0.420 e.